The predicted octanol–water partition coefficient (Wildman–Crippen LogP) is 2.06. The summed E-state index contributed by atoms with van der Waals surface area (Å²) in [6, 6.07) is 5.80. The van der Waals surface area contributed by atoms with Crippen LogP contribution in [-0.4, -0.2) is 22.5 Å². The molecule has 1 atom stereocenters. The minimum atomic E-state index is 0.543. The zero-order valence-electron chi connectivity index (χ0n) is 8.28. The van der Waals surface area contributed by atoms with Crippen molar-refractivity contribution in [1.29, 1.82) is 0 Å². The van der Waals surface area contributed by atoms with Crippen molar-refractivity contribution in [2.24, 2.45) is 0 Å². The number of hydrogen-bond donors (Lipinski definition) is 1. The summed E-state index contributed by atoms with van der Waals surface area (Å²) < 4.78 is 1.94. The molecule has 1 fully saturated rings. The molecule has 1 N–H and O–H groups in total. The van der Waals surface area contributed by atoms with Gasteiger partial charge < -0.3 is 5.32 Å². The van der Waals surface area contributed by atoms with E-state index in [1.807, 2.05) is 22.6 Å². The third-order valence-corrected chi connectivity index (χ3v) is 3.25. The molecule has 1 aliphatic rings. The number of imidazole rings is 1. The largest absolute Gasteiger partial charge is 0.316 e. The first kappa shape index (κ1) is 9.19. The van der Waals surface area contributed by atoms with Gasteiger partial charge >= 0.3 is 0 Å². The van der Waals surface area contributed by atoms with Gasteiger partial charge in [-0.15, -0.1) is 0 Å². The summed E-state index contributed by atoms with van der Waals surface area (Å²) in [4.78, 5) is 4.59. The third kappa shape index (κ3) is 1.52. The fraction of sp³-hybridized carbons (Fsp3) is 0.364. The second kappa shape index (κ2) is 3.51. The quantitative estimate of drug-likeness (QED) is 0.747. The molecular formula is C11H12ClN3. The second-order valence-electron chi connectivity index (χ2n) is 3.93. The van der Waals surface area contributed by atoms with Gasteiger partial charge in [0.05, 0.1) is 5.69 Å². The standard InChI is InChI=1S/C11H12ClN3/c12-10-2-1-3-11-14-9(7-15(10)11)8-4-5-13-6-8/h1-3,7-8,13H,4-6H2. The normalized spacial score (nSPS) is 21.3. The van der Waals surface area contributed by atoms with E-state index >= 15 is 0 Å². The number of nitrogens with zero attached hydrogens (tertiary/aromatic N) is 2. The second-order valence-corrected chi connectivity index (χ2v) is 4.32. The van der Waals surface area contributed by atoms with E-state index in [1.165, 1.54) is 6.42 Å². The summed E-state index contributed by atoms with van der Waals surface area (Å²) >= 11 is 6.08. The molecule has 1 unspecified atom stereocenters. The number of hydrogen-bond acceptors (Lipinski definition) is 2. The third-order valence-electron chi connectivity index (χ3n) is 2.94. The Balaban J connectivity index is 2.09. The number of aromatic nitrogens is 2. The molecule has 0 saturated carbocycles. The average molecular weight is 222 g/mol. The molecule has 2 aromatic rings. The lowest BCUT2D eigenvalue weighted by Gasteiger charge is -2.01. The summed E-state index contributed by atoms with van der Waals surface area (Å²) in [6.07, 6.45) is 3.22. The maximum Gasteiger partial charge on any atom is 0.138 e. The first-order valence-electron chi connectivity index (χ1n) is 5.19. The van der Waals surface area contributed by atoms with Crippen LogP contribution in [0.1, 0.15) is 18.0 Å². The summed E-state index contributed by atoms with van der Waals surface area (Å²) in [5.74, 6) is 0.543. The lowest BCUT2D eigenvalue weighted by Crippen LogP contribution is -2.07. The molecule has 78 valence electrons. The van der Waals surface area contributed by atoms with E-state index in [4.69, 9.17) is 11.6 Å². The van der Waals surface area contributed by atoms with Gasteiger partial charge in [-0.05, 0) is 25.1 Å². The predicted molar refractivity (Wildman–Crippen MR) is 60.4 cm³/mol. The van der Waals surface area contributed by atoms with Crippen molar-refractivity contribution in [3.05, 3.63) is 35.2 Å². The number of halogens is 1. The summed E-state index contributed by atoms with van der Waals surface area (Å²) in [6.45, 7) is 2.12. The molecular weight excluding hydrogens is 210 g/mol. The van der Waals surface area contributed by atoms with Crippen LogP contribution in [0.3, 0.4) is 0 Å². The number of nitrogens with one attached hydrogen (secondary N) is 1. The van der Waals surface area contributed by atoms with E-state index in [0.717, 1.165) is 29.6 Å². The van der Waals surface area contributed by atoms with Gasteiger partial charge in [0.1, 0.15) is 10.8 Å². The zero-order chi connectivity index (χ0) is 10.3. The van der Waals surface area contributed by atoms with Crippen molar-refractivity contribution in [1.82, 2.24) is 14.7 Å². The van der Waals surface area contributed by atoms with Crippen LogP contribution in [0.5, 0.6) is 0 Å². The fourth-order valence-electron chi connectivity index (χ4n) is 2.10. The minimum Gasteiger partial charge on any atom is -0.316 e. The van der Waals surface area contributed by atoms with Crippen molar-refractivity contribution in [3.63, 3.8) is 0 Å². The Morgan fingerprint density at radius 2 is 2.40 bits per heavy atom. The fourth-order valence-corrected chi connectivity index (χ4v) is 2.31. The first-order chi connectivity index (χ1) is 7.34. The van der Waals surface area contributed by atoms with Crippen LogP contribution in [-0.2, 0) is 0 Å². The lowest BCUT2D eigenvalue weighted by atomic mass is 10.1. The van der Waals surface area contributed by atoms with E-state index in [-0.39, 0.29) is 0 Å². The van der Waals surface area contributed by atoms with Gasteiger partial charge in [-0.25, -0.2) is 4.98 Å². The molecule has 15 heavy (non-hydrogen) atoms. The minimum absolute atomic E-state index is 0.543. The Bertz CT molecular complexity index is 486. The average Bonchev–Trinajstić information content (AvgIpc) is 2.86. The van der Waals surface area contributed by atoms with Gasteiger partial charge in [-0.2, -0.15) is 0 Å². The maximum atomic E-state index is 6.08. The van der Waals surface area contributed by atoms with Crippen LogP contribution in [0.2, 0.25) is 5.15 Å². The number of rotatable bonds is 1. The van der Waals surface area contributed by atoms with Crippen molar-refractivity contribution in [2.75, 3.05) is 13.1 Å². The molecule has 0 aromatic carbocycles. The topological polar surface area (TPSA) is 29.3 Å². The highest BCUT2D eigenvalue weighted by atomic mass is 35.5. The zero-order valence-corrected chi connectivity index (χ0v) is 9.04. The van der Waals surface area contributed by atoms with Crippen molar-refractivity contribution in [2.45, 2.75) is 12.3 Å². The van der Waals surface area contributed by atoms with Gasteiger partial charge in [0.25, 0.3) is 0 Å². The molecule has 4 heteroatoms. The van der Waals surface area contributed by atoms with Crippen molar-refractivity contribution in [3.8, 4) is 0 Å². The monoisotopic (exact) mass is 221 g/mol. The Kier molecular flexibility index (Phi) is 2.15. The van der Waals surface area contributed by atoms with Crippen LogP contribution in [0, 0.1) is 0 Å². The maximum absolute atomic E-state index is 6.08. The van der Waals surface area contributed by atoms with E-state index in [0.29, 0.717) is 5.92 Å². The van der Waals surface area contributed by atoms with Crippen LogP contribution in [0.15, 0.2) is 24.4 Å². The van der Waals surface area contributed by atoms with Gasteiger partial charge in [0.15, 0.2) is 0 Å². The van der Waals surface area contributed by atoms with Gasteiger partial charge in [-0.3, -0.25) is 4.40 Å². The summed E-state index contributed by atoms with van der Waals surface area (Å²) in [5, 5.41) is 4.07. The molecule has 1 aliphatic heterocycles. The van der Waals surface area contributed by atoms with E-state index in [9.17, 15) is 0 Å². The number of pyridine rings is 1. The highest BCUT2D eigenvalue weighted by Crippen LogP contribution is 2.23. The summed E-state index contributed by atoms with van der Waals surface area (Å²) in [7, 11) is 0. The van der Waals surface area contributed by atoms with Crippen LogP contribution in [0.4, 0.5) is 0 Å². The van der Waals surface area contributed by atoms with E-state index in [1.54, 1.807) is 0 Å². The van der Waals surface area contributed by atoms with Gasteiger partial charge in [0, 0.05) is 18.7 Å². The van der Waals surface area contributed by atoms with Crippen LogP contribution < -0.4 is 5.32 Å². The Morgan fingerprint density at radius 1 is 1.47 bits per heavy atom. The Hall–Kier alpha value is -1.06. The van der Waals surface area contributed by atoms with Gasteiger partial charge in [0.2, 0.25) is 0 Å². The van der Waals surface area contributed by atoms with Crippen LogP contribution in [0.25, 0.3) is 5.65 Å². The Labute approximate surface area is 93.1 Å². The van der Waals surface area contributed by atoms with Crippen LogP contribution >= 0.6 is 11.6 Å². The molecule has 2 aromatic heterocycles. The molecule has 0 aliphatic carbocycles. The SMILES string of the molecule is Clc1cccc2nc(C3CCNC3)cn12. The first-order valence-corrected chi connectivity index (χ1v) is 5.56. The highest BCUT2D eigenvalue weighted by Gasteiger charge is 2.19. The Morgan fingerprint density at radius 3 is 3.13 bits per heavy atom. The molecule has 3 rings (SSSR count). The molecule has 3 heterocycles. The van der Waals surface area contributed by atoms with E-state index < -0.39 is 0 Å². The molecule has 1 saturated heterocycles. The highest BCUT2D eigenvalue weighted by molar-refractivity contribution is 6.29. The molecule has 0 spiro atoms. The van der Waals surface area contributed by atoms with Crippen molar-refractivity contribution < 1.29 is 0 Å². The number of fused-ring (bicyclic) bond motifs is 1. The lowest BCUT2D eigenvalue weighted by molar-refractivity contribution is 0.742. The van der Waals surface area contributed by atoms with Crippen molar-refractivity contribution >= 4 is 17.2 Å². The molecule has 0 bridgehead atoms. The van der Waals surface area contributed by atoms with Gasteiger partial charge in [-0.1, -0.05) is 17.7 Å². The molecule has 0 radical (unpaired) electrons. The smallest absolute Gasteiger partial charge is 0.138 e. The summed E-state index contributed by atoms with van der Waals surface area (Å²) in [5.41, 5.74) is 2.08. The van der Waals surface area contributed by atoms with E-state index in [2.05, 4.69) is 16.5 Å². The molecule has 3 nitrogen and oxygen atoms in total. The molecule has 0 amide bonds.